The molecule has 3 rings (SSSR count). The van der Waals surface area contributed by atoms with Gasteiger partial charge in [0.15, 0.2) is 0 Å². The molecule has 126 valence electrons. The number of carbonyl (C=O) groups excluding carboxylic acids is 1. The Bertz CT molecular complexity index is 813. The molecule has 0 aromatic heterocycles. The van der Waals surface area contributed by atoms with Crippen LogP contribution in [-0.4, -0.2) is 20.4 Å². The molecule has 1 atom stereocenters. The molecule has 0 aliphatic heterocycles. The molecule has 0 heterocycles. The topological polar surface area (TPSA) is 75.3 Å². The highest BCUT2D eigenvalue weighted by molar-refractivity contribution is 7.92. The third-order valence-corrected chi connectivity index (χ3v) is 5.54. The van der Waals surface area contributed by atoms with E-state index in [1.54, 1.807) is 42.5 Å². The normalized spacial score (nSPS) is 15.5. The van der Waals surface area contributed by atoms with E-state index in [0.717, 1.165) is 0 Å². The second-order valence-electron chi connectivity index (χ2n) is 6.10. The van der Waals surface area contributed by atoms with Crippen molar-refractivity contribution in [3.8, 4) is 0 Å². The van der Waals surface area contributed by atoms with Crippen LogP contribution in [0.25, 0.3) is 0 Å². The highest BCUT2D eigenvalue weighted by Gasteiger charge is 2.29. The Labute approximate surface area is 142 Å². The molecular formula is C18H20N2O3S. The van der Waals surface area contributed by atoms with Crippen molar-refractivity contribution in [2.24, 2.45) is 5.92 Å². The Morgan fingerprint density at radius 2 is 1.67 bits per heavy atom. The van der Waals surface area contributed by atoms with E-state index >= 15 is 0 Å². The van der Waals surface area contributed by atoms with Gasteiger partial charge >= 0.3 is 0 Å². The maximum atomic E-state index is 12.3. The van der Waals surface area contributed by atoms with Gasteiger partial charge in [0.1, 0.15) is 0 Å². The summed E-state index contributed by atoms with van der Waals surface area (Å²) >= 11 is 0. The maximum absolute atomic E-state index is 12.3. The van der Waals surface area contributed by atoms with Gasteiger partial charge in [-0.1, -0.05) is 18.2 Å². The fourth-order valence-corrected chi connectivity index (χ4v) is 3.59. The van der Waals surface area contributed by atoms with Gasteiger partial charge in [0.25, 0.3) is 15.9 Å². The summed E-state index contributed by atoms with van der Waals surface area (Å²) in [6.45, 7) is 2.01. The summed E-state index contributed by atoms with van der Waals surface area (Å²) in [7, 11) is -3.62. The van der Waals surface area contributed by atoms with E-state index in [-0.39, 0.29) is 16.8 Å². The molecule has 1 aliphatic rings. The van der Waals surface area contributed by atoms with Gasteiger partial charge in [0.2, 0.25) is 0 Å². The minimum Gasteiger partial charge on any atom is -0.349 e. The van der Waals surface area contributed by atoms with Gasteiger partial charge in [-0.15, -0.1) is 0 Å². The van der Waals surface area contributed by atoms with E-state index in [0.29, 0.717) is 17.2 Å². The average Bonchev–Trinajstić information content (AvgIpc) is 3.41. The molecule has 1 fully saturated rings. The number of hydrogen-bond donors (Lipinski definition) is 2. The summed E-state index contributed by atoms with van der Waals surface area (Å²) in [4.78, 5) is 12.4. The van der Waals surface area contributed by atoms with Crippen LogP contribution in [0.5, 0.6) is 0 Å². The minimum absolute atomic E-state index is 0.133. The number of hydrogen-bond acceptors (Lipinski definition) is 3. The summed E-state index contributed by atoms with van der Waals surface area (Å²) in [5, 5.41) is 2.97. The van der Waals surface area contributed by atoms with Gasteiger partial charge in [-0.05, 0) is 62.1 Å². The number of anilines is 1. The van der Waals surface area contributed by atoms with Crippen LogP contribution in [0.15, 0.2) is 59.5 Å². The number of amides is 1. The molecule has 1 unspecified atom stereocenters. The van der Waals surface area contributed by atoms with Crippen LogP contribution in [0.1, 0.15) is 30.1 Å². The molecule has 1 saturated carbocycles. The first-order chi connectivity index (χ1) is 11.5. The zero-order valence-corrected chi connectivity index (χ0v) is 14.2. The summed E-state index contributed by atoms with van der Waals surface area (Å²) in [6.07, 6.45) is 2.34. The van der Waals surface area contributed by atoms with Crippen LogP contribution in [-0.2, 0) is 10.0 Å². The standard InChI is InChI=1S/C18H20N2O3S/c1-13(14-7-8-14)19-18(21)15-9-11-16(12-10-15)20-24(22,23)17-5-3-2-4-6-17/h2-6,9-14,20H,7-8H2,1H3,(H,19,21). The minimum atomic E-state index is -3.62. The van der Waals surface area contributed by atoms with E-state index in [1.807, 2.05) is 6.92 Å². The van der Waals surface area contributed by atoms with Gasteiger partial charge < -0.3 is 5.32 Å². The second-order valence-corrected chi connectivity index (χ2v) is 7.78. The first-order valence-electron chi connectivity index (χ1n) is 7.94. The predicted molar refractivity (Wildman–Crippen MR) is 93.3 cm³/mol. The van der Waals surface area contributed by atoms with Gasteiger partial charge in [-0.2, -0.15) is 0 Å². The first kappa shape index (κ1) is 16.5. The summed E-state index contributed by atoms with van der Waals surface area (Å²) in [6, 6.07) is 14.8. The lowest BCUT2D eigenvalue weighted by atomic mass is 10.1. The zero-order valence-electron chi connectivity index (χ0n) is 13.4. The van der Waals surface area contributed by atoms with Crippen LogP contribution >= 0.6 is 0 Å². The van der Waals surface area contributed by atoms with E-state index in [4.69, 9.17) is 0 Å². The summed E-state index contributed by atoms with van der Waals surface area (Å²) in [5.74, 6) is 0.456. The van der Waals surface area contributed by atoms with E-state index in [2.05, 4.69) is 10.0 Å². The first-order valence-corrected chi connectivity index (χ1v) is 9.43. The predicted octanol–water partition coefficient (Wildman–Crippen LogP) is 3.02. The van der Waals surface area contributed by atoms with Crippen LogP contribution in [0.3, 0.4) is 0 Å². The van der Waals surface area contributed by atoms with Crippen molar-refractivity contribution in [1.29, 1.82) is 0 Å². The summed E-state index contributed by atoms with van der Waals surface area (Å²) < 4.78 is 27.0. The molecule has 2 aromatic rings. The van der Waals surface area contributed by atoms with Crippen molar-refractivity contribution in [1.82, 2.24) is 5.32 Å². The summed E-state index contributed by atoms with van der Waals surface area (Å²) in [5.41, 5.74) is 0.941. The molecular weight excluding hydrogens is 324 g/mol. The van der Waals surface area contributed by atoms with Crippen molar-refractivity contribution in [2.45, 2.75) is 30.7 Å². The van der Waals surface area contributed by atoms with Crippen LogP contribution in [0, 0.1) is 5.92 Å². The SMILES string of the molecule is CC(NC(=O)c1ccc(NS(=O)(=O)c2ccccc2)cc1)C1CC1. The molecule has 24 heavy (non-hydrogen) atoms. The Morgan fingerprint density at radius 1 is 1.04 bits per heavy atom. The largest absolute Gasteiger partial charge is 0.349 e. The lowest BCUT2D eigenvalue weighted by Crippen LogP contribution is -2.33. The lowest BCUT2D eigenvalue weighted by molar-refractivity contribution is 0.0936. The zero-order chi connectivity index (χ0) is 17.2. The van der Waals surface area contributed by atoms with Crippen molar-refractivity contribution in [3.63, 3.8) is 0 Å². The van der Waals surface area contributed by atoms with Crippen LogP contribution in [0.2, 0.25) is 0 Å². The van der Waals surface area contributed by atoms with Crippen molar-refractivity contribution < 1.29 is 13.2 Å². The van der Waals surface area contributed by atoms with Gasteiger partial charge in [-0.3, -0.25) is 9.52 Å². The van der Waals surface area contributed by atoms with Crippen LogP contribution < -0.4 is 10.0 Å². The van der Waals surface area contributed by atoms with Gasteiger partial charge in [-0.25, -0.2) is 8.42 Å². The van der Waals surface area contributed by atoms with Gasteiger partial charge in [0.05, 0.1) is 4.90 Å². The van der Waals surface area contributed by atoms with Crippen molar-refractivity contribution in [3.05, 3.63) is 60.2 Å². The highest BCUT2D eigenvalue weighted by atomic mass is 32.2. The highest BCUT2D eigenvalue weighted by Crippen LogP contribution is 2.32. The average molecular weight is 344 g/mol. The molecule has 2 N–H and O–H groups in total. The molecule has 0 bridgehead atoms. The molecule has 5 nitrogen and oxygen atoms in total. The lowest BCUT2D eigenvalue weighted by Gasteiger charge is -2.13. The van der Waals surface area contributed by atoms with E-state index < -0.39 is 10.0 Å². The second kappa shape index (κ2) is 6.65. The molecule has 2 aromatic carbocycles. The Kier molecular flexibility index (Phi) is 4.57. The molecule has 0 saturated heterocycles. The molecule has 1 amide bonds. The molecule has 0 spiro atoms. The smallest absolute Gasteiger partial charge is 0.261 e. The van der Waals surface area contributed by atoms with Crippen LogP contribution in [0.4, 0.5) is 5.69 Å². The number of sulfonamides is 1. The van der Waals surface area contributed by atoms with Crippen molar-refractivity contribution >= 4 is 21.6 Å². The monoisotopic (exact) mass is 344 g/mol. The molecule has 0 radical (unpaired) electrons. The van der Waals surface area contributed by atoms with E-state index in [1.165, 1.54) is 25.0 Å². The third kappa shape index (κ3) is 3.94. The molecule has 1 aliphatic carbocycles. The number of benzene rings is 2. The number of carbonyl (C=O) groups is 1. The van der Waals surface area contributed by atoms with Crippen molar-refractivity contribution in [2.75, 3.05) is 4.72 Å². The third-order valence-electron chi connectivity index (χ3n) is 4.14. The Morgan fingerprint density at radius 3 is 2.25 bits per heavy atom. The Balaban J connectivity index is 1.67. The van der Waals surface area contributed by atoms with E-state index in [9.17, 15) is 13.2 Å². The molecule has 6 heteroatoms. The number of rotatable bonds is 6. The number of nitrogens with one attached hydrogen (secondary N) is 2. The quantitative estimate of drug-likeness (QED) is 0.846. The fraction of sp³-hybridized carbons (Fsp3) is 0.278. The maximum Gasteiger partial charge on any atom is 0.261 e. The van der Waals surface area contributed by atoms with Gasteiger partial charge in [0, 0.05) is 17.3 Å². The Hall–Kier alpha value is -2.34. The fourth-order valence-electron chi connectivity index (χ4n) is 2.51.